The molecule has 0 saturated carbocycles. The molecule has 1 aromatic carbocycles. The van der Waals surface area contributed by atoms with Gasteiger partial charge in [-0.25, -0.2) is 0 Å². The highest BCUT2D eigenvalue weighted by atomic mass is 16.7. The van der Waals surface area contributed by atoms with Crippen LogP contribution in [0.2, 0.25) is 0 Å². The van der Waals surface area contributed by atoms with Crippen molar-refractivity contribution in [3.8, 4) is 0 Å². The maximum Gasteiger partial charge on any atom is 0.104 e. The summed E-state index contributed by atoms with van der Waals surface area (Å²) < 4.78 is 0. The van der Waals surface area contributed by atoms with Gasteiger partial charge < -0.3 is 5.11 Å². The Morgan fingerprint density at radius 3 is 2.71 bits per heavy atom. The maximum absolute atomic E-state index is 9.00. The molecule has 1 heterocycles. The molecule has 1 aromatic rings. The molecule has 1 aliphatic heterocycles. The molecule has 0 amide bonds. The van der Waals surface area contributed by atoms with Gasteiger partial charge in [-0.05, 0) is 12.0 Å². The lowest BCUT2D eigenvalue weighted by atomic mass is 10.0. The number of hydroxylamine groups is 2. The zero-order chi connectivity index (χ0) is 9.97. The third kappa shape index (κ3) is 1.80. The Morgan fingerprint density at radius 2 is 2.14 bits per heavy atom. The molecule has 0 bridgehead atoms. The summed E-state index contributed by atoms with van der Waals surface area (Å²) in [6.45, 7) is 0.0909. The van der Waals surface area contributed by atoms with Gasteiger partial charge in [0.25, 0.3) is 0 Å². The van der Waals surface area contributed by atoms with Crippen LogP contribution in [0.4, 0.5) is 0 Å². The van der Waals surface area contributed by atoms with Gasteiger partial charge in [-0.2, -0.15) is 5.06 Å². The molecular formula is C11H15NO2. The van der Waals surface area contributed by atoms with E-state index >= 15 is 0 Å². The Bertz CT molecular complexity index is 289. The number of hydrogen-bond acceptors (Lipinski definition) is 3. The number of rotatable bonds is 2. The Morgan fingerprint density at radius 1 is 1.43 bits per heavy atom. The van der Waals surface area contributed by atoms with Crippen molar-refractivity contribution in [2.75, 3.05) is 13.7 Å². The molecule has 76 valence electrons. The van der Waals surface area contributed by atoms with Crippen molar-refractivity contribution in [3.05, 3.63) is 35.9 Å². The summed E-state index contributed by atoms with van der Waals surface area (Å²) in [5.41, 5.74) is 1.24. The zero-order valence-electron chi connectivity index (χ0n) is 8.26. The van der Waals surface area contributed by atoms with Gasteiger partial charge in [0.05, 0.1) is 12.6 Å². The van der Waals surface area contributed by atoms with Gasteiger partial charge in [-0.3, -0.25) is 4.84 Å². The van der Waals surface area contributed by atoms with Gasteiger partial charge in [0.15, 0.2) is 0 Å². The van der Waals surface area contributed by atoms with Crippen molar-refractivity contribution in [2.45, 2.75) is 18.6 Å². The molecule has 14 heavy (non-hydrogen) atoms. The number of aliphatic hydroxyl groups excluding tert-OH is 1. The van der Waals surface area contributed by atoms with Crippen molar-refractivity contribution in [1.29, 1.82) is 0 Å². The number of hydrogen-bond donors (Lipinski definition) is 1. The first-order valence-electron chi connectivity index (χ1n) is 4.86. The molecule has 0 aromatic heterocycles. The SMILES string of the molecule is CN1O[C@H](CO)C[C@H]1c1ccccc1. The summed E-state index contributed by atoms with van der Waals surface area (Å²) in [5, 5.41) is 10.8. The fourth-order valence-electron chi connectivity index (χ4n) is 1.88. The third-order valence-corrected chi connectivity index (χ3v) is 2.63. The van der Waals surface area contributed by atoms with Gasteiger partial charge in [-0.1, -0.05) is 30.3 Å². The van der Waals surface area contributed by atoms with E-state index in [1.165, 1.54) is 5.56 Å². The molecule has 0 spiro atoms. The van der Waals surface area contributed by atoms with E-state index in [2.05, 4.69) is 12.1 Å². The minimum absolute atomic E-state index is 0.0507. The molecule has 1 saturated heterocycles. The minimum Gasteiger partial charge on any atom is -0.394 e. The van der Waals surface area contributed by atoms with Crippen LogP contribution in [0.3, 0.4) is 0 Å². The topological polar surface area (TPSA) is 32.7 Å². The molecule has 2 atom stereocenters. The Hall–Kier alpha value is -0.900. The van der Waals surface area contributed by atoms with Crippen LogP contribution < -0.4 is 0 Å². The van der Waals surface area contributed by atoms with Crippen LogP contribution in [0.5, 0.6) is 0 Å². The molecule has 0 aliphatic carbocycles. The van der Waals surface area contributed by atoms with Gasteiger partial charge >= 0.3 is 0 Å². The maximum atomic E-state index is 9.00. The van der Waals surface area contributed by atoms with E-state index in [4.69, 9.17) is 9.94 Å². The van der Waals surface area contributed by atoms with Gasteiger partial charge in [0, 0.05) is 7.05 Å². The molecule has 1 N–H and O–H groups in total. The fraction of sp³-hybridized carbons (Fsp3) is 0.455. The zero-order valence-corrected chi connectivity index (χ0v) is 8.26. The van der Waals surface area contributed by atoms with Gasteiger partial charge in [-0.15, -0.1) is 0 Å². The molecular weight excluding hydrogens is 178 g/mol. The second-order valence-corrected chi connectivity index (χ2v) is 3.62. The molecule has 1 fully saturated rings. The molecule has 0 unspecified atom stereocenters. The number of nitrogens with zero attached hydrogens (tertiary/aromatic N) is 1. The molecule has 1 aliphatic rings. The molecule has 3 heteroatoms. The first-order chi connectivity index (χ1) is 6.81. The van der Waals surface area contributed by atoms with Crippen molar-refractivity contribution >= 4 is 0 Å². The minimum atomic E-state index is -0.0507. The molecule has 0 radical (unpaired) electrons. The quantitative estimate of drug-likeness (QED) is 0.769. The van der Waals surface area contributed by atoms with E-state index in [9.17, 15) is 0 Å². The lowest BCUT2D eigenvalue weighted by molar-refractivity contribution is -0.153. The summed E-state index contributed by atoms with van der Waals surface area (Å²) >= 11 is 0. The van der Waals surface area contributed by atoms with E-state index < -0.39 is 0 Å². The van der Waals surface area contributed by atoms with Crippen LogP contribution in [-0.2, 0) is 4.84 Å². The van der Waals surface area contributed by atoms with Gasteiger partial charge in [0.2, 0.25) is 0 Å². The highest BCUT2D eigenvalue weighted by Gasteiger charge is 2.31. The number of benzene rings is 1. The summed E-state index contributed by atoms with van der Waals surface area (Å²) in [5.74, 6) is 0. The standard InChI is InChI=1S/C11H15NO2/c1-12-11(7-10(8-13)14-12)9-5-3-2-4-6-9/h2-6,10-11,13H,7-8H2,1H3/t10-,11-/m0/s1. The highest BCUT2D eigenvalue weighted by molar-refractivity contribution is 5.19. The normalized spacial score (nSPS) is 28.1. The highest BCUT2D eigenvalue weighted by Crippen LogP contribution is 2.31. The summed E-state index contributed by atoms with van der Waals surface area (Å²) in [7, 11) is 1.91. The van der Waals surface area contributed by atoms with Crippen LogP contribution in [0, 0.1) is 0 Å². The fourth-order valence-corrected chi connectivity index (χ4v) is 1.88. The lowest BCUT2D eigenvalue weighted by Gasteiger charge is -2.17. The van der Waals surface area contributed by atoms with Crippen LogP contribution >= 0.6 is 0 Å². The predicted octanol–water partition coefficient (Wildman–Crippen LogP) is 1.36. The Kier molecular flexibility index (Phi) is 2.82. The first kappa shape index (κ1) is 9.65. The van der Waals surface area contributed by atoms with E-state index in [1.54, 1.807) is 0 Å². The largest absolute Gasteiger partial charge is 0.394 e. The van der Waals surface area contributed by atoms with Gasteiger partial charge in [0.1, 0.15) is 6.10 Å². The second kappa shape index (κ2) is 4.09. The van der Waals surface area contributed by atoms with Crippen LogP contribution in [0.15, 0.2) is 30.3 Å². The van der Waals surface area contributed by atoms with Crippen LogP contribution in [-0.4, -0.2) is 29.9 Å². The predicted molar refractivity (Wildman–Crippen MR) is 53.5 cm³/mol. The summed E-state index contributed by atoms with van der Waals surface area (Å²) in [6.07, 6.45) is 0.807. The second-order valence-electron chi connectivity index (χ2n) is 3.62. The van der Waals surface area contributed by atoms with Crippen molar-refractivity contribution < 1.29 is 9.94 Å². The van der Waals surface area contributed by atoms with Crippen molar-refractivity contribution in [2.24, 2.45) is 0 Å². The van der Waals surface area contributed by atoms with Crippen molar-refractivity contribution in [1.82, 2.24) is 5.06 Å². The van der Waals surface area contributed by atoms with Crippen LogP contribution in [0.1, 0.15) is 18.0 Å². The van der Waals surface area contributed by atoms with E-state index in [0.717, 1.165) is 6.42 Å². The Balaban J connectivity index is 2.13. The van der Waals surface area contributed by atoms with E-state index in [0.29, 0.717) is 0 Å². The van der Waals surface area contributed by atoms with Crippen LogP contribution in [0.25, 0.3) is 0 Å². The first-order valence-corrected chi connectivity index (χ1v) is 4.86. The smallest absolute Gasteiger partial charge is 0.104 e. The molecule has 2 rings (SSSR count). The Labute approximate surface area is 83.9 Å². The van der Waals surface area contributed by atoms with E-state index in [-0.39, 0.29) is 18.8 Å². The third-order valence-electron chi connectivity index (χ3n) is 2.63. The summed E-state index contributed by atoms with van der Waals surface area (Å²) in [6, 6.07) is 10.5. The van der Waals surface area contributed by atoms with Crippen molar-refractivity contribution in [3.63, 3.8) is 0 Å². The average molecular weight is 193 g/mol. The number of aliphatic hydroxyl groups is 1. The van der Waals surface area contributed by atoms with E-state index in [1.807, 2.05) is 30.3 Å². The summed E-state index contributed by atoms with van der Waals surface area (Å²) in [4.78, 5) is 5.46. The lowest BCUT2D eigenvalue weighted by Crippen LogP contribution is -2.17. The average Bonchev–Trinajstić information content (AvgIpc) is 2.61. The monoisotopic (exact) mass is 193 g/mol. The molecule has 3 nitrogen and oxygen atoms in total.